The van der Waals surface area contributed by atoms with Crippen molar-refractivity contribution in [2.75, 3.05) is 18.0 Å². The highest BCUT2D eigenvalue weighted by molar-refractivity contribution is 7.92. The zero-order chi connectivity index (χ0) is 30.5. The normalized spacial score (nSPS) is 12.4. The summed E-state index contributed by atoms with van der Waals surface area (Å²) in [5.41, 5.74) is 1.11. The number of rotatable bonds is 10. The number of nitrogens with zero attached hydrogens (tertiary/aromatic N) is 2. The number of benzene rings is 3. The summed E-state index contributed by atoms with van der Waals surface area (Å²) in [6.45, 7) is 8.30. The molecule has 0 fully saturated rings. The van der Waals surface area contributed by atoms with Gasteiger partial charge in [0.1, 0.15) is 18.3 Å². The first kappa shape index (κ1) is 32.2. The summed E-state index contributed by atoms with van der Waals surface area (Å²) in [7, 11) is -2.73. The van der Waals surface area contributed by atoms with E-state index in [9.17, 15) is 18.0 Å². The van der Waals surface area contributed by atoms with E-state index in [1.54, 1.807) is 55.5 Å². The van der Waals surface area contributed by atoms with Gasteiger partial charge < -0.3 is 15.0 Å². The Balaban J connectivity index is 2.08. The highest BCUT2D eigenvalue weighted by atomic mass is 35.5. The van der Waals surface area contributed by atoms with Crippen LogP contribution in [-0.2, 0) is 26.2 Å². The van der Waals surface area contributed by atoms with Crippen LogP contribution in [0.25, 0.3) is 0 Å². The molecule has 0 aliphatic carbocycles. The van der Waals surface area contributed by atoms with Crippen molar-refractivity contribution in [3.8, 4) is 5.75 Å². The van der Waals surface area contributed by atoms with Crippen LogP contribution in [0.2, 0.25) is 10.0 Å². The average Bonchev–Trinajstić information content (AvgIpc) is 2.90. The minimum absolute atomic E-state index is 0.0181. The molecule has 0 aliphatic rings. The van der Waals surface area contributed by atoms with E-state index in [4.69, 9.17) is 27.9 Å². The van der Waals surface area contributed by atoms with Gasteiger partial charge in [0.15, 0.2) is 0 Å². The number of hydrogen-bond donors (Lipinski definition) is 1. The number of amides is 2. The maximum Gasteiger partial charge on any atom is 0.264 e. The second kappa shape index (κ2) is 13.1. The van der Waals surface area contributed by atoms with Gasteiger partial charge in [0.25, 0.3) is 10.0 Å². The van der Waals surface area contributed by atoms with Crippen LogP contribution in [0, 0.1) is 6.92 Å². The van der Waals surface area contributed by atoms with Crippen molar-refractivity contribution in [1.29, 1.82) is 0 Å². The first-order valence-corrected chi connectivity index (χ1v) is 15.1. The van der Waals surface area contributed by atoms with Crippen LogP contribution in [-0.4, -0.2) is 50.4 Å². The van der Waals surface area contributed by atoms with E-state index in [-0.39, 0.29) is 17.1 Å². The first-order valence-electron chi connectivity index (χ1n) is 12.9. The highest BCUT2D eigenvalue weighted by Gasteiger charge is 2.33. The lowest BCUT2D eigenvalue weighted by Gasteiger charge is -2.33. The zero-order valence-corrected chi connectivity index (χ0v) is 26.3. The third-order valence-electron chi connectivity index (χ3n) is 6.25. The maximum absolute atomic E-state index is 14.0. The fourth-order valence-corrected chi connectivity index (χ4v) is 5.90. The van der Waals surface area contributed by atoms with Gasteiger partial charge in [0, 0.05) is 28.2 Å². The molecule has 3 rings (SSSR count). The molecule has 0 saturated carbocycles. The number of sulfonamides is 1. The molecule has 0 radical (unpaired) electrons. The Morgan fingerprint density at radius 2 is 1.66 bits per heavy atom. The minimum atomic E-state index is -4.20. The molecule has 0 saturated heterocycles. The molecule has 3 aromatic rings. The van der Waals surface area contributed by atoms with Crippen molar-refractivity contribution in [1.82, 2.24) is 10.2 Å². The van der Waals surface area contributed by atoms with Crippen LogP contribution in [0.3, 0.4) is 0 Å². The lowest BCUT2D eigenvalue weighted by atomic mass is 10.1. The lowest BCUT2D eigenvalue weighted by Crippen LogP contribution is -2.54. The van der Waals surface area contributed by atoms with Crippen molar-refractivity contribution < 1.29 is 22.7 Å². The predicted molar refractivity (Wildman–Crippen MR) is 163 cm³/mol. The largest absolute Gasteiger partial charge is 0.497 e. The standard InChI is InChI=1S/C30H35Cl2N3O5S/c1-20-10-14-26(15-11-20)41(38,39)35(24-8-7-9-25(17-24)40-6)19-28(36)34(21(2)29(37)33-30(3,4)5)18-22-12-13-23(31)16-27(22)32/h7-17,21H,18-19H2,1-6H3,(H,33,37). The van der Waals surface area contributed by atoms with Gasteiger partial charge in [0.2, 0.25) is 11.8 Å². The third-order valence-corrected chi connectivity index (χ3v) is 8.63. The van der Waals surface area contributed by atoms with E-state index >= 15 is 0 Å². The Labute approximate surface area is 252 Å². The minimum Gasteiger partial charge on any atom is -0.497 e. The molecule has 1 N–H and O–H groups in total. The van der Waals surface area contributed by atoms with E-state index in [1.807, 2.05) is 27.7 Å². The number of ether oxygens (including phenoxy) is 1. The fraction of sp³-hybridized carbons (Fsp3) is 0.333. The number of hydrogen-bond acceptors (Lipinski definition) is 5. The Morgan fingerprint density at radius 1 is 1.00 bits per heavy atom. The number of nitrogens with one attached hydrogen (secondary N) is 1. The summed E-state index contributed by atoms with van der Waals surface area (Å²) in [5, 5.41) is 3.63. The molecule has 0 aromatic heterocycles. The molecule has 2 amide bonds. The molecule has 1 atom stereocenters. The maximum atomic E-state index is 14.0. The fourth-order valence-electron chi connectivity index (χ4n) is 4.02. The van der Waals surface area contributed by atoms with Gasteiger partial charge in [-0.1, -0.05) is 53.0 Å². The number of carbonyl (C=O) groups excluding carboxylic acids is 2. The van der Waals surface area contributed by atoms with E-state index in [2.05, 4.69) is 5.32 Å². The Morgan fingerprint density at radius 3 is 2.24 bits per heavy atom. The van der Waals surface area contributed by atoms with E-state index in [0.29, 0.717) is 21.4 Å². The van der Waals surface area contributed by atoms with Crippen molar-refractivity contribution in [2.45, 2.75) is 57.6 Å². The second-order valence-corrected chi connectivity index (χ2v) is 13.4. The summed E-state index contributed by atoms with van der Waals surface area (Å²) < 4.78 is 34.2. The van der Waals surface area contributed by atoms with Crippen molar-refractivity contribution in [3.63, 3.8) is 0 Å². The molecule has 0 heterocycles. The monoisotopic (exact) mass is 619 g/mol. The van der Waals surface area contributed by atoms with Gasteiger partial charge in [-0.2, -0.15) is 0 Å². The van der Waals surface area contributed by atoms with Crippen LogP contribution in [0.5, 0.6) is 5.75 Å². The summed E-state index contributed by atoms with van der Waals surface area (Å²) in [6, 6.07) is 16.7. The molecule has 1 unspecified atom stereocenters. The van der Waals surface area contributed by atoms with E-state index < -0.39 is 40.0 Å². The molecule has 220 valence electrons. The van der Waals surface area contributed by atoms with Crippen LogP contribution < -0.4 is 14.4 Å². The molecule has 11 heteroatoms. The van der Waals surface area contributed by atoms with Crippen molar-refractivity contribution in [3.05, 3.63) is 87.9 Å². The smallest absolute Gasteiger partial charge is 0.264 e. The van der Waals surface area contributed by atoms with Gasteiger partial charge in [-0.15, -0.1) is 0 Å². The van der Waals surface area contributed by atoms with Crippen LogP contribution in [0.1, 0.15) is 38.8 Å². The van der Waals surface area contributed by atoms with Crippen LogP contribution in [0.15, 0.2) is 71.6 Å². The number of anilines is 1. The highest BCUT2D eigenvalue weighted by Crippen LogP contribution is 2.29. The molecule has 0 aliphatic heterocycles. The topological polar surface area (TPSA) is 96.0 Å². The molecular weight excluding hydrogens is 585 g/mol. The van der Waals surface area contributed by atoms with Crippen molar-refractivity contribution in [2.24, 2.45) is 0 Å². The molecule has 3 aromatic carbocycles. The number of carbonyl (C=O) groups is 2. The average molecular weight is 621 g/mol. The van der Waals surface area contributed by atoms with Gasteiger partial charge in [0.05, 0.1) is 17.7 Å². The number of halogens is 2. The molecule has 8 nitrogen and oxygen atoms in total. The Hall–Kier alpha value is -3.27. The van der Waals surface area contributed by atoms with Gasteiger partial charge >= 0.3 is 0 Å². The number of methoxy groups -OCH3 is 1. The SMILES string of the molecule is COc1cccc(N(CC(=O)N(Cc2ccc(Cl)cc2Cl)C(C)C(=O)NC(C)(C)C)S(=O)(=O)c2ccc(C)cc2)c1. The zero-order valence-electron chi connectivity index (χ0n) is 23.9. The molecule has 41 heavy (non-hydrogen) atoms. The second-order valence-electron chi connectivity index (χ2n) is 10.7. The van der Waals surface area contributed by atoms with E-state index in [0.717, 1.165) is 9.87 Å². The lowest BCUT2D eigenvalue weighted by molar-refractivity contribution is -0.140. The van der Waals surface area contributed by atoms with Gasteiger partial charge in [-0.25, -0.2) is 8.42 Å². The van der Waals surface area contributed by atoms with Crippen LogP contribution in [0.4, 0.5) is 5.69 Å². The third kappa shape index (κ3) is 8.38. The predicted octanol–water partition coefficient (Wildman–Crippen LogP) is 5.84. The van der Waals surface area contributed by atoms with E-state index in [1.165, 1.54) is 30.2 Å². The quantitative estimate of drug-likeness (QED) is 0.308. The molecule has 0 spiro atoms. The Kier molecular flexibility index (Phi) is 10.3. The summed E-state index contributed by atoms with van der Waals surface area (Å²) in [4.78, 5) is 28.6. The van der Waals surface area contributed by atoms with Gasteiger partial charge in [-0.3, -0.25) is 13.9 Å². The Bertz CT molecular complexity index is 1510. The summed E-state index contributed by atoms with van der Waals surface area (Å²) >= 11 is 12.5. The van der Waals surface area contributed by atoms with Crippen LogP contribution >= 0.6 is 23.2 Å². The summed E-state index contributed by atoms with van der Waals surface area (Å²) in [6.07, 6.45) is 0. The van der Waals surface area contributed by atoms with Gasteiger partial charge in [-0.05, 0) is 76.6 Å². The number of aryl methyl sites for hydroxylation is 1. The molecular formula is C30H35Cl2N3O5S. The van der Waals surface area contributed by atoms with Crippen molar-refractivity contribution >= 4 is 50.7 Å². The molecule has 0 bridgehead atoms. The first-order chi connectivity index (χ1) is 19.1. The summed E-state index contributed by atoms with van der Waals surface area (Å²) in [5.74, 6) is -0.585.